The van der Waals surface area contributed by atoms with Crippen LogP contribution in [0.15, 0.2) is 24.3 Å². The van der Waals surface area contributed by atoms with Crippen molar-refractivity contribution >= 4 is 0 Å². The van der Waals surface area contributed by atoms with Crippen LogP contribution < -0.4 is 0 Å². The average molecular weight is 214 g/mol. The number of hydrogen-bond donors (Lipinski definition) is 1. The molecule has 0 saturated carbocycles. The van der Waals surface area contributed by atoms with Gasteiger partial charge in [-0.25, -0.2) is 0 Å². The summed E-state index contributed by atoms with van der Waals surface area (Å²) in [5, 5.41) is 9.54. The monoisotopic (exact) mass is 214 g/mol. The predicted octanol–water partition coefficient (Wildman–Crippen LogP) is 0.867. The highest BCUT2D eigenvalue weighted by molar-refractivity contribution is 5.06. The van der Waals surface area contributed by atoms with Crippen molar-refractivity contribution in [3.63, 3.8) is 0 Å². The number of hydrogen-bond acceptors (Lipinski definition) is 4. The van der Waals surface area contributed by atoms with E-state index in [2.05, 4.69) is 0 Å². The summed E-state index contributed by atoms with van der Waals surface area (Å²) in [6.45, 7) is 2.71. The lowest BCUT2D eigenvalue weighted by molar-refractivity contribution is -0.230. The lowest BCUT2D eigenvalue weighted by atomic mass is 10.2. The molecule has 0 bridgehead atoms. The number of aliphatic hydroxyl groups is 1. The normalized spacial score (nSPS) is 32.9. The molecule has 0 aromatic heterocycles. The van der Waals surface area contributed by atoms with Crippen molar-refractivity contribution in [1.82, 2.24) is 0 Å². The molecule has 4 nitrogen and oxygen atoms in total. The summed E-state index contributed by atoms with van der Waals surface area (Å²) in [7, 11) is 1.64. The van der Waals surface area contributed by atoms with Gasteiger partial charge in [-0.3, -0.25) is 0 Å². The maximum absolute atomic E-state index is 9.54. The van der Waals surface area contributed by atoms with Gasteiger partial charge < -0.3 is 19.3 Å². The maximum atomic E-state index is 9.54. The van der Waals surface area contributed by atoms with E-state index in [0.29, 0.717) is 13.2 Å². The summed E-state index contributed by atoms with van der Waals surface area (Å²) in [4.78, 5) is 0. The van der Waals surface area contributed by atoms with Gasteiger partial charge in [-0.1, -0.05) is 24.3 Å². The van der Waals surface area contributed by atoms with E-state index in [0.717, 1.165) is 0 Å². The Bertz CT molecular complexity index is 225. The van der Waals surface area contributed by atoms with Gasteiger partial charge in [-0.2, -0.15) is 0 Å². The van der Waals surface area contributed by atoms with Crippen molar-refractivity contribution in [2.24, 2.45) is 0 Å². The molecule has 0 aromatic carbocycles. The van der Waals surface area contributed by atoms with Crippen LogP contribution in [0.25, 0.3) is 0 Å². The van der Waals surface area contributed by atoms with Gasteiger partial charge in [-0.15, -0.1) is 0 Å². The number of ether oxygens (including phenoxy) is 3. The zero-order chi connectivity index (χ0) is 11.1. The van der Waals surface area contributed by atoms with Crippen molar-refractivity contribution in [3.8, 4) is 0 Å². The molecular weight excluding hydrogens is 196 g/mol. The first-order valence-corrected chi connectivity index (χ1v) is 5.01. The van der Waals surface area contributed by atoms with E-state index in [1.165, 1.54) is 0 Å². The van der Waals surface area contributed by atoms with Crippen molar-refractivity contribution < 1.29 is 19.3 Å². The summed E-state index contributed by atoms with van der Waals surface area (Å²) in [6.07, 6.45) is 6.26. The van der Waals surface area contributed by atoms with E-state index in [9.17, 15) is 5.11 Å². The largest absolute Gasteiger partial charge is 0.388 e. The maximum Gasteiger partial charge on any atom is 0.155 e. The third-order valence-electron chi connectivity index (χ3n) is 2.04. The number of allylic oxidation sites excluding steroid dienone is 2. The Labute approximate surface area is 90.1 Å². The smallest absolute Gasteiger partial charge is 0.155 e. The van der Waals surface area contributed by atoms with Crippen LogP contribution in [0, 0.1) is 0 Å². The molecule has 1 heterocycles. The second-order valence-corrected chi connectivity index (χ2v) is 3.34. The molecule has 1 aliphatic heterocycles. The molecule has 86 valence electrons. The zero-order valence-electron chi connectivity index (χ0n) is 9.13. The Morgan fingerprint density at radius 1 is 1.47 bits per heavy atom. The van der Waals surface area contributed by atoms with Crippen LogP contribution in [0.1, 0.15) is 6.92 Å². The number of rotatable bonds is 4. The van der Waals surface area contributed by atoms with Gasteiger partial charge in [0.1, 0.15) is 12.2 Å². The van der Waals surface area contributed by atoms with Crippen LogP contribution >= 0.6 is 0 Å². The Hall–Kier alpha value is -0.680. The SMILES string of the molecule is COC/C=C/C=C/[C@@H]1O[C@H](C)OC[C@H]1O. The fraction of sp³-hybridized carbons (Fsp3) is 0.636. The second-order valence-electron chi connectivity index (χ2n) is 3.34. The molecule has 0 aliphatic carbocycles. The topological polar surface area (TPSA) is 47.9 Å². The highest BCUT2D eigenvalue weighted by Crippen LogP contribution is 2.13. The van der Waals surface area contributed by atoms with E-state index in [1.54, 1.807) is 7.11 Å². The van der Waals surface area contributed by atoms with Gasteiger partial charge in [0.15, 0.2) is 6.29 Å². The third kappa shape index (κ3) is 4.57. The predicted molar refractivity (Wildman–Crippen MR) is 56.4 cm³/mol. The fourth-order valence-electron chi connectivity index (χ4n) is 1.26. The highest BCUT2D eigenvalue weighted by Gasteiger charge is 2.25. The molecule has 0 unspecified atom stereocenters. The molecule has 0 radical (unpaired) electrons. The molecule has 4 heteroatoms. The summed E-state index contributed by atoms with van der Waals surface area (Å²) in [6, 6.07) is 0. The Morgan fingerprint density at radius 3 is 3.00 bits per heavy atom. The van der Waals surface area contributed by atoms with Crippen LogP contribution in [0.4, 0.5) is 0 Å². The van der Waals surface area contributed by atoms with Gasteiger partial charge in [0.25, 0.3) is 0 Å². The summed E-state index contributed by atoms with van der Waals surface area (Å²) >= 11 is 0. The summed E-state index contributed by atoms with van der Waals surface area (Å²) in [5.74, 6) is 0. The van der Waals surface area contributed by atoms with Crippen molar-refractivity contribution in [1.29, 1.82) is 0 Å². The van der Waals surface area contributed by atoms with Crippen LogP contribution in [-0.4, -0.2) is 43.9 Å². The molecule has 1 saturated heterocycles. The molecule has 0 spiro atoms. The minimum atomic E-state index is -0.590. The molecule has 0 amide bonds. The average Bonchev–Trinajstić information content (AvgIpc) is 2.23. The second kappa shape index (κ2) is 6.74. The van der Waals surface area contributed by atoms with Crippen molar-refractivity contribution in [2.45, 2.75) is 25.4 Å². The van der Waals surface area contributed by atoms with Crippen molar-refractivity contribution in [2.75, 3.05) is 20.3 Å². The van der Waals surface area contributed by atoms with Crippen LogP contribution in [0.5, 0.6) is 0 Å². The molecule has 15 heavy (non-hydrogen) atoms. The third-order valence-corrected chi connectivity index (χ3v) is 2.04. The molecule has 1 rings (SSSR count). The van der Waals surface area contributed by atoms with Crippen LogP contribution in [0.3, 0.4) is 0 Å². The Balaban J connectivity index is 2.34. The van der Waals surface area contributed by atoms with Crippen LogP contribution in [-0.2, 0) is 14.2 Å². The molecular formula is C11H18O4. The van der Waals surface area contributed by atoms with Gasteiger partial charge in [0.2, 0.25) is 0 Å². The van der Waals surface area contributed by atoms with Crippen molar-refractivity contribution in [3.05, 3.63) is 24.3 Å². The molecule has 1 N–H and O–H groups in total. The minimum Gasteiger partial charge on any atom is -0.388 e. The summed E-state index contributed by atoms with van der Waals surface area (Å²) in [5.41, 5.74) is 0. The van der Waals surface area contributed by atoms with E-state index >= 15 is 0 Å². The quantitative estimate of drug-likeness (QED) is 0.705. The lowest BCUT2D eigenvalue weighted by Gasteiger charge is -2.30. The number of methoxy groups -OCH3 is 1. The number of aliphatic hydroxyl groups excluding tert-OH is 1. The van der Waals surface area contributed by atoms with E-state index in [4.69, 9.17) is 14.2 Å². The first-order chi connectivity index (χ1) is 7.24. The van der Waals surface area contributed by atoms with Gasteiger partial charge in [0, 0.05) is 7.11 Å². The van der Waals surface area contributed by atoms with Gasteiger partial charge in [-0.05, 0) is 6.92 Å². The van der Waals surface area contributed by atoms with Gasteiger partial charge >= 0.3 is 0 Å². The zero-order valence-corrected chi connectivity index (χ0v) is 9.13. The van der Waals surface area contributed by atoms with Crippen LogP contribution in [0.2, 0.25) is 0 Å². The fourth-order valence-corrected chi connectivity index (χ4v) is 1.26. The van der Waals surface area contributed by atoms with Gasteiger partial charge in [0.05, 0.1) is 13.2 Å². The Morgan fingerprint density at radius 2 is 2.27 bits per heavy atom. The molecule has 1 fully saturated rings. The highest BCUT2D eigenvalue weighted by atomic mass is 16.7. The van der Waals surface area contributed by atoms with E-state index in [1.807, 2.05) is 31.2 Å². The van der Waals surface area contributed by atoms with E-state index < -0.39 is 6.10 Å². The summed E-state index contributed by atoms with van der Waals surface area (Å²) < 4.78 is 15.4. The first-order valence-electron chi connectivity index (χ1n) is 5.01. The first kappa shape index (κ1) is 12.4. The van der Waals surface area contributed by atoms with E-state index in [-0.39, 0.29) is 12.4 Å². The molecule has 3 atom stereocenters. The minimum absolute atomic E-state index is 0.258. The molecule has 1 aliphatic rings. The lowest BCUT2D eigenvalue weighted by Crippen LogP contribution is -2.41. The molecule has 0 aromatic rings. The standard InChI is InChI=1S/C11H18O4/c1-9-14-8-10(12)11(15-9)6-4-3-5-7-13-2/h3-6,9-12H,7-8H2,1-2H3/b5-3+,6-4+/t9-,10-,11+/m1/s1. The Kier molecular flexibility index (Phi) is 5.57.